The maximum atomic E-state index is 14.0. The molecule has 11 heteroatoms. The number of carbonyl (C=O) groups excluding carboxylic acids is 3. The Balaban J connectivity index is 1.62. The van der Waals surface area contributed by atoms with Gasteiger partial charge in [0.25, 0.3) is 11.8 Å². The zero-order chi connectivity index (χ0) is 23.8. The molecule has 0 unspecified atom stereocenters. The van der Waals surface area contributed by atoms with E-state index in [9.17, 15) is 27.6 Å². The van der Waals surface area contributed by atoms with Gasteiger partial charge in [0, 0.05) is 17.7 Å². The molecule has 1 fully saturated rings. The monoisotopic (exact) mass is 459 g/mol. The maximum Gasteiger partial charge on any atom is 0.387 e. The number of rotatable bonds is 5. The Morgan fingerprint density at radius 3 is 2.61 bits per heavy atom. The highest BCUT2D eigenvalue weighted by molar-refractivity contribution is 6.10. The van der Waals surface area contributed by atoms with Gasteiger partial charge >= 0.3 is 12.6 Å². The smallest absolute Gasteiger partial charge is 0.387 e. The quantitative estimate of drug-likeness (QED) is 0.527. The summed E-state index contributed by atoms with van der Waals surface area (Å²) in [7, 11) is 1.31. The lowest BCUT2D eigenvalue weighted by Crippen LogP contribution is -2.54. The molecular weight excluding hydrogens is 443 g/mol. The highest BCUT2D eigenvalue weighted by Gasteiger charge is 2.48. The molecule has 8 nitrogen and oxygen atoms in total. The van der Waals surface area contributed by atoms with Crippen molar-refractivity contribution in [1.82, 2.24) is 15.5 Å². The maximum absolute atomic E-state index is 14.0. The van der Waals surface area contributed by atoms with E-state index < -0.39 is 35.8 Å². The van der Waals surface area contributed by atoms with Crippen molar-refractivity contribution in [2.24, 2.45) is 0 Å². The van der Waals surface area contributed by atoms with Crippen molar-refractivity contribution in [1.29, 1.82) is 0 Å². The molecule has 2 aliphatic rings. The minimum Gasteiger partial charge on any atom is -0.494 e. The van der Waals surface area contributed by atoms with Crippen molar-refractivity contribution in [3.8, 4) is 23.3 Å². The molecule has 2 aliphatic heterocycles. The lowest BCUT2D eigenvalue weighted by molar-refractivity contribution is -0.122. The number of nitrogens with one attached hydrogen (secondary N) is 2. The van der Waals surface area contributed by atoms with Crippen LogP contribution in [-0.2, 0) is 11.3 Å². The predicted octanol–water partition coefficient (Wildman–Crippen LogP) is 2.02. The highest BCUT2D eigenvalue weighted by Crippen LogP contribution is 2.29. The summed E-state index contributed by atoms with van der Waals surface area (Å²) in [4.78, 5) is 38.6. The number of fused-ring (bicyclic) bond motifs is 1. The highest BCUT2D eigenvalue weighted by atomic mass is 19.3. The lowest BCUT2D eigenvalue weighted by Gasteiger charge is -2.26. The molecule has 170 valence electrons. The van der Waals surface area contributed by atoms with Crippen molar-refractivity contribution >= 4 is 17.8 Å². The molecule has 0 radical (unpaired) electrons. The van der Waals surface area contributed by atoms with Gasteiger partial charge in [0.2, 0.25) is 5.54 Å². The normalized spacial score (nSPS) is 19.1. The number of hydrogen-bond donors (Lipinski definition) is 2. The van der Waals surface area contributed by atoms with Gasteiger partial charge in [0.1, 0.15) is 5.75 Å². The van der Waals surface area contributed by atoms with Crippen LogP contribution in [0.3, 0.4) is 0 Å². The van der Waals surface area contributed by atoms with Crippen LogP contribution < -0.4 is 20.1 Å². The fourth-order valence-corrected chi connectivity index (χ4v) is 3.58. The Bertz CT molecular complexity index is 1220. The Labute approximate surface area is 185 Å². The fraction of sp³-hybridized carbons (Fsp3) is 0.227. The molecule has 2 N–H and O–H groups in total. The number of carbonyl (C=O) groups is 3. The van der Waals surface area contributed by atoms with Gasteiger partial charge in [-0.2, -0.15) is 8.78 Å². The Morgan fingerprint density at radius 2 is 1.97 bits per heavy atom. The first-order chi connectivity index (χ1) is 15.7. The topological polar surface area (TPSA) is 97.0 Å². The van der Waals surface area contributed by atoms with Crippen molar-refractivity contribution in [3.63, 3.8) is 0 Å². The van der Waals surface area contributed by atoms with Gasteiger partial charge in [0.05, 0.1) is 13.7 Å². The number of benzene rings is 2. The minimum atomic E-state index is -3.05. The van der Waals surface area contributed by atoms with Crippen molar-refractivity contribution in [2.75, 3.05) is 13.7 Å². The number of methoxy groups -OCH3 is 1. The number of alkyl halides is 2. The first kappa shape index (κ1) is 22.0. The molecule has 0 aliphatic carbocycles. The van der Waals surface area contributed by atoms with E-state index in [-0.39, 0.29) is 35.7 Å². The average Bonchev–Trinajstić information content (AvgIpc) is 3.21. The van der Waals surface area contributed by atoms with Crippen molar-refractivity contribution in [3.05, 3.63) is 58.9 Å². The molecule has 4 amide bonds. The average molecular weight is 459 g/mol. The summed E-state index contributed by atoms with van der Waals surface area (Å²) in [5.74, 6) is 3.14. The fourth-order valence-electron chi connectivity index (χ4n) is 3.58. The number of ether oxygens (including phenoxy) is 2. The molecule has 2 aromatic rings. The molecular formula is C22H16F3N3O5. The lowest BCUT2D eigenvalue weighted by atomic mass is 9.99. The third-order valence-corrected chi connectivity index (χ3v) is 5.13. The van der Waals surface area contributed by atoms with Crippen LogP contribution in [0.4, 0.5) is 18.0 Å². The summed E-state index contributed by atoms with van der Waals surface area (Å²) in [6.07, 6.45) is 0. The summed E-state index contributed by atoms with van der Waals surface area (Å²) in [6.45, 7) is -3.31. The summed E-state index contributed by atoms with van der Waals surface area (Å²) >= 11 is 0. The van der Waals surface area contributed by atoms with Crippen LogP contribution in [0, 0.1) is 17.7 Å². The number of halogens is 3. The van der Waals surface area contributed by atoms with Crippen LogP contribution >= 0.6 is 0 Å². The number of imide groups is 1. The third-order valence-electron chi connectivity index (χ3n) is 5.13. The summed E-state index contributed by atoms with van der Waals surface area (Å²) in [6, 6.07) is 7.10. The van der Waals surface area contributed by atoms with Crippen LogP contribution in [0.2, 0.25) is 0 Å². The van der Waals surface area contributed by atoms with Gasteiger partial charge in [-0.15, -0.1) is 0 Å². The number of urea groups is 1. The first-order valence-electron chi connectivity index (χ1n) is 9.58. The predicted molar refractivity (Wildman–Crippen MR) is 107 cm³/mol. The summed E-state index contributed by atoms with van der Waals surface area (Å²) in [5, 5.41) is 4.51. The van der Waals surface area contributed by atoms with Gasteiger partial charge in [-0.05, 0) is 35.9 Å². The van der Waals surface area contributed by atoms with Crippen molar-refractivity contribution in [2.45, 2.75) is 18.7 Å². The van der Waals surface area contributed by atoms with Gasteiger partial charge < -0.3 is 19.7 Å². The van der Waals surface area contributed by atoms with E-state index >= 15 is 0 Å². The van der Waals surface area contributed by atoms with Crippen LogP contribution in [0.5, 0.6) is 11.5 Å². The zero-order valence-corrected chi connectivity index (χ0v) is 17.1. The van der Waals surface area contributed by atoms with E-state index in [1.165, 1.54) is 42.3 Å². The Hall–Kier alpha value is -4.20. The van der Waals surface area contributed by atoms with Crippen LogP contribution in [-0.4, -0.2) is 48.6 Å². The van der Waals surface area contributed by atoms with E-state index in [1.54, 1.807) is 0 Å². The number of nitrogens with zero attached hydrogens (tertiary/aromatic N) is 1. The molecule has 0 bridgehead atoms. The number of amides is 4. The van der Waals surface area contributed by atoms with Crippen molar-refractivity contribution < 1.29 is 37.0 Å². The molecule has 4 rings (SSSR count). The SMILES string of the molecule is COc1ccc(C#C[C@]2(CN3Cc4ccc(OC(F)F)cc4C3=O)NC(=O)NC2=O)cc1F. The summed E-state index contributed by atoms with van der Waals surface area (Å²) in [5.41, 5.74) is -0.913. The molecule has 2 heterocycles. The molecule has 0 saturated carbocycles. The molecule has 0 spiro atoms. The second-order valence-electron chi connectivity index (χ2n) is 7.27. The molecule has 1 saturated heterocycles. The molecule has 0 aromatic heterocycles. The van der Waals surface area contributed by atoms with Gasteiger partial charge in [-0.25, -0.2) is 9.18 Å². The van der Waals surface area contributed by atoms with E-state index in [2.05, 4.69) is 27.2 Å². The van der Waals surface area contributed by atoms with E-state index in [4.69, 9.17) is 4.74 Å². The zero-order valence-electron chi connectivity index (χ0n) is 17.1. The second kappa shape index (κ2) is 8.38. The second-order valence-corrected chi connectivity index (χ2v) is 7.27. The van der Waals surface area contributed by atoms with Gasteiger partial charge in [-0.3, -0.25) is 14.9 Å². The third kappa shape index (κ3) is 4.27. The largest absolute Gasteiger partial charge is 0.494 e. The van der Waals surface area contributed by atoms with E-state index in [1.807, 2.05) is 0 Å². The van der Waals surface area contributed by atoms with Gasteiger partial charge in [0.15, 0.2) is 11.6 Å². The first-order valence-corrected chi connectivity index (χ1v) is 9.58. The van der Waals surface area contributed by atoms with Crippen LogP contribution in [0.25, 0.3) is 0 Å². The summed E-state index contributed by atoms with van der Waals surface area (Å²) < 4.78 is 48.1. The molecule has 1 atom stereocenters. The van der Waals surface area contributed by atoms with E-state index in [0.717, 1.165) is 6.07 Å². The molecule has 33 heavy (non-hydrogen) atoms. The minimum absolute atomic E-state index is 0.0118. The van der Waals surface area contributed by atoms with Gasteiger partial charge in [-0.1, -0.05) is 17.9 Å². The molecule has 2 aromatic carbocycles. The van der Waals surface area contributed by atoms with Crippen LogP contribution in [0.1, 0.15) is 21.5 Å². The Kier molecular flexibility index (Phi) is 5.59. The van der Waals surface area contributed by atoms with E-state index in [0.29, 0.717) is 5.56 Å². The van der Waals surface area contributed by atoms with Crippen LogP contribution in [0.15, 0.2) is 36.4 Å². The standard InChI is InChI=1S/C22H16F3N3O5/c1-32-17-5-2-12(8-16(17)23)6-7-22(19(30)26-21(31)27-22)11-28-10-13-3-4-14(33-20(24)25)9-15(13)18(28)29/h2-5,8-9,20H,10-11H2,1H3,(H2,26,27,30,31)/t22-/m1/s1. The number of hydrogen-bond acceptors (Lipinski definition) is 5. The Morgan fingerprint density at radius 1 is 1.18 bits per heavy atom.